The van der Waals surface area contributed by atoms with Gasteiger partial charge in [0.05, 0.1) is 20.4 Å². The van der Waals surface area contributed by atoms with Crippen molar-refractivity contribution in [2.24, 2.45) is 10.8 Å². The molecule has 0 aliphatic carbocycles. The zero-order chi connectivity index (χ0) is 17.0. The molecule has 0 fully saturated rings. The molecule has 0 bridgehead atoms. The van der Waals surface area contributed by atoms with Crippen molar-refractivity contribution in [2.45, 2.75) is 18.7 Å². The van der Waals surface area contributed by atoms with E-state index < -0.39 is 6.03 Å². The Morgan fingerprint density at radius 2 is 2.00 bits per heavy atom. The smallest absolute Gasteiger partial charge is 0.332 e. The first-order valence-corrected chi connectivity index (χ1v) is 7.22. The third-order valence-corrected chi connectivity index (χ3v) is 3.29. The van der Waals surface area contributed by atoms with E-state index in [4.69, 9.17) is 36.3 Å². The molecular formula is C14H18ClN3O5. The molecule has 2 amide bonds. The van der Waals surface area contributed by atoms with E-state index in [0.717, 1.165) is 5.56 Å². The van der Waals surface area contributed by atoms with E-state index in [-0.39, 0.29) is 12.2 Å². The van der Waals surface area contributed by atoms with Crippen molar-refractivity contribution >= 4 is 23.8 Å². The van der Waals surface area contributed by atoms with Crippen LogP contribution in [0.1, 0.15) is 18.1 Å². The van der Waals surface area contributed by atoms with Gasteiger partial charge < -0.3 is 24.7 Å². The van der Waals surface area contributed by atoms with Crippen molar-refractivity contribution in [2.75, 3.05) is 21.0 Å². The lowest BCUT2D eigenvalue weighted by Gasteiger charge is -2.18. The lowest BCUT2D eigenvalue weighted by molar-refractivity contribution is 0.168. The van der Waals surface area contributed by atoms with E-state index in [1.807, 2.05) is 6.92 Å². The number of hydrogen-bond donors (Lipinski definition) is 2. The van der Waals surface area contributed by atoms with Crippen LogP contribution in [0.4, 0.5) is 4.79 Å². The SMILES string of the molecule is COc1c(C=NNC(N)=O)c(CC(C)Cl)c(OC)c2c1OCO2. The number of alkyl halides is 1. The van der Waals surface area contributed by atoms with Crippen LogP contribution in [0.2, 0.25) is 0 Å². The largest absolute Gasteiger partial charge is 0.492 e. The first-order valence-electron chi connectivity index (χ1n) is 6.78. The predicted octanol–water partition coefficient (Wildman–Crippen LogP) is 1.60. The van der Waals surface area contributed by atoms with Gasteiger partial charge in [-0.2, -0.15) is 5.10 Å². The van der Waals surface area contributed by atoms with Gasteiger partial charge in [-0.15, -0.1) is 11.6 Å². The molecular weight excluding hydrogens is 326 g/mol. The molecule has 3 N–H and O–H groups in total. The molecule has 9 heteroatoms. The second kappa shape index (κ2) is 7.28. The lowest BCUT2D eigenvalue weighted by Crippen LogP contribution is -2.24. The number of carbonyl (C=O) groups is 1. The number of rotatable bonds is 6. The Kier molecular flexibility index (Phi) is 5.38. The molecule has 1 unspecified atom stereocenters. The van der Waals surface area contributed by atoms with Crippen LogP contribution in [0.15, 0.2) is 5.10 Å². The van der Waals surface area contributed by atoms with Crippen LogP contribution in [-0.4, -0.2) is 38.6 Å². The Balaban J connectivity index is 2.63. The molecule has 0 spiro atoms. The summed E-state index contributed by atoms with van der Waals surface area (Å²) in [6, 6.07) is -0.778. The van der Waals surface area contributed by atoms with Gasteiger partial charge in [-0.25, -0.2) is 10.2 Å². The molecule has 0 saturated carbocycles. The number of fused-ring (bicyclic) bond motifs is 1. The minimum absolute atomic E-state index is 0.0536. The highest BCUT2D eigenvalue weighted by molar-refractivity contribution is 6.20. The van der Waals surface area contributed by atoms with E-state index in [0.29, 0.717) is 35.0 Å². The molecule has 1 aromatic rings. The molecule has 1 heterocycles. The number of amides is 2. The summed E-state index contributed by atoms with van der Waals surface area (Å²) in [5.41, 5.74) is 8.44. The second-order valence-electron chi connectivity index (χ2n) is 4.74. The summed E-state index contributed by atoms with van der Waals surface area (Å²) in [4.78, 5) is 10.8. The average Bonchev–Trinajstić information content (AvgIpc) is 2.95. The number of methoxy groups -OCH3 is 2. The van der Waals surface area contributed by atoms with Crippen LogP contribution in [-0.2, 0) is 6.42 Å². The second-order valence-corrected chi connectivity index (χ2v) is 5.49. The number of carbonyl (C=O) groups excluding carboxylic acids is 1. The number of nitrogens with two attached hydrogens (primary N) is 1. The van der Waals surface area contributed by atoms with Crippen molar-refractivity contribution in [1.82, 2.24) is 5.43 Å². The van der Waals surface area contributed by atoms with Crippen molar-refractivity contribution in [1.29, 1.82) is 0 Å². The van der Waals surface area contributed by atoms with Crippen LogP contribution >= 0.6 is 11.6 Å². The number of ether oxygens (including phenoxy) is 4. The molecule has 1 aromatic carbocycles. The quantitative estimate of drug-likeness (QED) is 0.464. The zero-order valence-electron chi connectivity index (χ0n) is 13.0. The molecule has 0 radical (unpaired) electrons. The maximum atomic E-state index is 10.8. The van der Waals surface area contributed by atoms with Crippen LogP contribution in [0.5, 0.6) is 23.0 Å². The number of nitrogens with one attached hydrogen (secondary N) is 1. The number of halogens is 1. The summed E-state index contributed by atoms with van der Waals surface area (Å²) < 4.78 is 21.8. The monoisotopic (exact) mass is 343 g/mol. The molecule has 126 valence electrons. The van der Waals surface area contributed by atoms with Gasteiger partial charge in [0.15, 0.2) is 11.5 Å². The molecule has 8 nitrogen and oxygen atoms in total. The predicted molar refractivity (Wildman–Crippen MR) is 85.0 cm³/mol. The highest BCUT2D eigenvalue weighted by Crippen LogP contribution is 2.52. The number of primary amides is 1. The van der Waals surface area contributed by atoms with Crippen LogP contribution in [0, 0.1) is 0 Å². The topological polar surface area (TPSA) is 104 Å². The number of urea groups is 1. The molecule has 0 aromatic heterocycles. The Hall–Kier alpha value is -2.35. The zero-order valence-corrected chi connectivity index (χ0v) is 13.8. The van der Waals surface area contributed by atoms with E-state index >= 15 is 0 Å². The standard InChI is InChI=1S/C14H18ClN3O5/c1-7(15)4-8-9(5-17-18-14(16)19)11(21-3)13-12(10(8)20-2)22-6-23-13/h5,7H,4,6H2,1-3H3,(H3,16,18,19). The Morgan fingerprint density at radius 3 is 2.52 bits per heavy atom. The summed E-state index contributed by atoms with van der Waals surface area (Å²) in [6.45, 7) is 1.90. The molecule has 1 aliphatic heterocycles. The maximum Gasteiger partial charge on any atom is 0.332 e. The van der Waals surface area contributed by atoms with Gasteiger partial charge in [0.2, 0.25) is 18.3 Å². The molecule has 2 rings (SSSR count). The van der Waals surface area contributed by atoms with Crippen LogP contribution in [0.25, 0.3) is 0 Å². The third-order valence-electron chi connectivity index (χ3n) is 3.13. The fraction of sp³-hybridized carbons (Fsp3) is 0.429. The molecule has 1 aliphatic rings. The molecule has 23 heavy (non-hydrogen) atoms. The van der Waals surface area contributed by atoms with Gasteiger partial charge in [0.25, 0.3) is 0 Å². The van der Waals surface area contributed by atoms with Crippen molar-refractivity contribution in [3.05, 3.63) is 11.1 Å². The third kappa shape index (κ3) is 3.53. The van der Waals surface area contributed by atoms with Gasteiger partial charge >= 0.3 is 6.03 Å². The normalized spacial score (nSPS) is 13.9. The first-order chi connectivity index (χ1) is 11.0. The van der Waals surface area contributed by atoms with Crippen molar-refractivity contribution in [3.8, 4) is 23.0 Å². The van der Waals surface area contributed by atoms with Crippen molar-refractivity contribution < 1.29 is 23.7 Å². The number of nitrogens with zero attached hydrogens (tertiary/aromatic N) is 1. The summed E-state index contributed by atoms with van der Waals surface area (Å²) in [5, 5.41) is 3.62. The van der Waals surface area contributed by atoms with Gasteiger partial charge in [-0.05, 0) is 13.3 Å². The summed E-state index contributed by atoms with van der Waals surface area (Å²) >= 11 is 6.14. The van der Waals surface area contributed by atoms with Gasteiger partial charge in [0.1, 0.15) is 0 Å². The lowest BCUT2D eigenvalue weighted by atomic mass is 9.99. The van der Waals surface area contributed by atoms with Gasteiger partial charge in [-0.1, -0.05) is 0 Å². The summed E-state index contributed by atoms with van der Waals surface area (Å²) in [6.07, 6.45) is 1.87. The highest BCUT2D eigenvalue weighted by Gasteiger charge is 2.31. The van der Waals surface area contributed by atoms with Gasteiger partial charge in [-0.3, -0.25) is 0 Å². The summed E-state index contributed by atoms with van der Waals surface area (Å²) in [7, 11) is 3.02. The summed E-state index contributed by atoms with van der Waals surface area (Å²) in [5.74, 6) is 1.78. The molecule has 1 atom stereocenters. The maximum absolute atomic E-state index is 10.8. The highest BCUT2D eigenvalue weighted by atomic mass is 35.5. The van der Waals surface area contributed by atoms with Crippen molar-refractivity contribution in [3.63, 3.8) is 0 Å². The molecule has 0 saturated heterocycles. The van der Waals surface area contributed by atoms with E-state index in [2.05, 4.69) is 10.5 Å². The van der Waals surface area contributed by atoms with E-state index in [1.54, 1.807) is 0 Å². The van der Waals surface area contributed by atoms with E-state index in [1.165, 1.54) is 20.4 Å². The van der Waals surface area contributed by atoms with Crippen LogP contribution in [0.3, 0.4) is 0 Å². The van der Waals surface area contributed by atoms with Gasteiger partial charge in [0, 0.05) is 16.5 Å². The Morgan fingerprint density at radius 1 is 1.39 bits per heavy atom. The average molecular weight is 344 g/mol. The van der Waals surface area contributed by atoms with E-state index in [9.17, 15) is 4.79 Å². The number of hydrazone groups is 1. The minimum Gasteiger partial charge on any atom is -0.492 e. The fourth-order valence-corrected chi connectivity index (χ4v) is 2.49. The fourth-order valence-electron chi connectivity index (χ4n) is 2.33. The number of benzene rings is 1. The Labute approximate surface area is 138 Å². The number of hydrogen-bond acceptors (Lipinski definition) is 6. The first kappa shape index (κ1) is 17.0. The Bertz CT molecular complexity index is 634. The van der Waals surface area contributed by atoms with Crippen LogP contribution < -0.4 is 30.1 Å². The minimum atomic E-state index is -0.778.